The molecule has 0 aromatic heterocycles. The van der Waals surface area contributed by atoms with Crippen LogP contribution in [0.25, 0.3) is 0 Å². The minimum atomic E-state index is -0.158. The average molecular weight is 522 g/mol. The minimum Gasteiger partial charge on any atom is -0.496 e. The normalized spacial score (nSPS) is 21.7. The van der Waals surface area contributed by atoms with Crippen LogP contribution in [-0.4, -0.2) is 80.1 Å². The number of rotatable bonds is 6. The van der Waals surface area contributed by atoms with Gasteiger partial charge in [0.1, 0.15) is 5.75 Å². The highest BCUT2D eigenvalue weighted by atomic mass is 79.9. The maximum atomic E-state index is 13.5. The number of nitrogens with one attached hydrogen (secondary N) is 2. The molecule has 1 aromatic carbocycles. The number of nitrogens with two attached hydrogens (primary N) is 1. The third kappa shape index (κ3) is 5.63. The van der Waals surface area contributed by atoms with E-state index in [4.69, 9.17) is 10.5 Å². The molecule has 33 heavy (non-hydrogen) atoms. The van der Waals surface area contributed by atoms with Crippen LogP contribution in [0.1, 0.15) is 48.9 Å². The Morgan fingerprint density at radius 3 is 2.42 bits per heavy atom. The van der Waals surface area contributed by atoms with Crippen molar-refractivity contribution in [2.75, 3.05) is 52.1 Å². The maximum absolute atomic E-state index is 13.5. The largest absolute Gasteiger partial charge is 0.496 e. The first-order valence-corrected chi connectivity index (χ1v) is 12.9. The van der Waals surface area contributed by atoms with Gasteiger partial charge < -0.3 is 26.0 Å². The number of ether oxygens (including phenoxy) is 1. The number of nitrogen functional groups attached to an aromatic ring is 1. The summed E-state index contributed by atoms with van der Waals surface area (Å²) in [5.74, 6) is 1.03. The second kappa shape index (κ2) is 11.1. The molecule has 3 saturated heterocycles. The van der Waals surface area contributed by atoms with Crippen molar-refractivity contribution in [1.82, 2.24) is 20.4 Å². The lowest BCUT2D eigenvalue weighted by molar-refractivity contribution is -0.139. The molecule has 0 radical (unpaired) electrons. The highest BCUT2D eigenvalue weighted by molar-refractivity contribution is 9.10. The molecule has 3 heterocycles. The van der Waals surface area contributed by atoms with E-state index in [0.29, 0.717) is 33.3 Å². The van der Waals surface area contributed by atoms with Gasteiger partial charge in [-0.25, -0.2) is 0 Å². The van der Waals surface area contributed by atoms with Crippen LogP contribution in [0, 0.1) is 5.92 Å². The van der Waals surface area contributed by atoms with Crippen molar-refractivity contribution in [1.29, 1.82) is 0 Å². The monoisotopic (exact) mass is 521 g/mol. The van der Waals surface area contributed by atoms with Crippen LogP contribution in [0.3, 0.4) is 0 Å². The molecule has 3 aliphatic heterocycles. The highest BCUT2D eigenvalue weighted by Gasteiger charge is 2.39. The predicted molar refractivity (Wildman–Crippen MR) is 132 cm³/mol. The van der Waals surface area contributed by atoms with E-state index in [1.807, 2.05) is 0 Å². The number of methoxy groups -OCH3 is 1. The van der Waals surface area contributed by atoms with Crippen molar-refractivity contribution in [3.05, 3.63) is 22.2 Å². The Morgan fingerprint density at radius 1 is 1.12 bits per heavy atom. The molecule has 3 aliphatic rings. The summed E-state index contributed by atoms with van der Waals surface area (Å²) < 4.78 is 6.04. The molecule has 8 nitrogen and oxygen atoms in total. The first kappa shape index (κ1) is 24.3. The number of benzene rings is 1. The van der Waals surface area contributed by atoms with E-state index in [1.165, 1.54) is 7.11 Å². The van der Waals surface area contributed by atoms with Crippen LogP contribution in [0.15, 0.2) is 16.6 Å². The Kier molecular flexibility index (Phi) is 8.14. The first-order valence-electron chi connectivity index (χ1n) is 12.2. The molecule has 2 amide bonds. The van der Waals surface area contributed by atoms with Crippen molar-refractivity contribution in [3.8, 4) is 5.75 Å². The number of piperidine rings is 2. The van der Waals surface area contributed by atoms with Gasteiger partial charge in [-0.05, 0) is 79.5 Å². The van der Waals surface area contributed by atoms with Gasteiger partial charge in [-0.1, -0.05) is 0 Å². The molecule has 1 unspecified atom stereocenters. The smallest absolute Gasteiger partial charge is 0.255 e. The number of carbonyl (C=O) groups excluding carboxylic acids is 2. The van der Waals surface area contributed by atoms with Gasteiger partial charge in [0.2, 0.25) is 5.91 Å². The molecule has 9 heteroatoms. The summed E-state index contributed by atoms with van der Waals surface area (Å²) in [5.41, 5.74) is 6.93. The van der Waals surface area contributed by atoms with Crippen LogP contribution in [-0.2, 0) is 4.79 Å². The summed E-state index contributed by atoms with van der Waals surface area (Å²) in [7, 11) is 1.54. The lowest BCUT2D eigenvalue weighted by Gasteiger charge is -2.42. The Bertz CT molecular complexity index is 847. The van der Waals surface area contributed by atoms with Gasteiger partial charge in [-0.15, -0.1) is 0 Å². The predicted octanol–water partition coefficient (Wildman–Crippen LogP) is 2.22. The molecule has 4 N–H and O–H groups in total. The number of hydrogen-bond donors (Lipinski definition) is 3. The molecule has 182 valence electrons. The zero-order chi connectivity index (χ0) is 23.4. The summed E-state index contributed by atoms with van der Waals surface area (Å²) in [6.45, 7) is 5.40. The topological polar surface area (TPSA) is 99.9 Å². The molecule has 3 fully saturated rings. The first-order chi connectivity index (χ1) is 16.0. The lowest BCUT2D eigenvalue weighted by Crippen LogP contribution is -2.57. The van der Waals surface area contributed by atoms with E-state index in [2.05, 4.69) is 36.4 Å². The number of hydrogen-bond acceptors (Lipinski definition) is 6. The molecule has 4 rings (SSSR count). The summed E-state index contributed by atoms with van der Waals surface area (Å²) >= 11 is 3.40. The Morgan fingerprint density at radius 2 is 1.79 bits per heavy atom. The van der Waals surface area contributed by atoms with E-state index in [1.54, 1.807) is 12.1 Å². The lowest BCUT2D eigenvalue weighted by atomic mass is 9.86. The van der Waals surface area contributed by atoms with Crippen LogP contribution in [0.5, 0.6) is 5.75 Å². The number of carbonyl (C=O) groups is 2. The van der Waals surface area contributed by atoms with Crippen LogP contribution in [0.4, 0.5) is 5.69 Å². The number of nitrogens with zero attached hydrogens (tertiary/aromatic N) is 2. The van der Waals surface area contributed by atoms with Crippen molar-refractivity contribution in [2.45, 2.75) is 50.6 Å². The van der Waals surface area contributed by atoms with Crippen LogP contribution in [0.2, 0.25) is 0 Å². The summed E-state index contributed by atoms with van der Waals surface area (Å²) in [6, 6.07) is 3.41. The van der Waals surface area contributed by atoms with Gasteiger partial charge in [-0.2, -0.15) is 0 Å². The van der Waals surface area contributed by atoms with Gasteiger partial charge in [0.05, 0.1) is 18.7 Å². The standard InChI is InChI=1S/C24H36BrN5O3/c1-33-21-15-20(26)19(25)14-18(21)23(31)28-17-6-12-29(13-7-17)22(16-4-8-27-9-5-16)24(32)30-10-2-3-11-30/h14-17,22,27H,2-13,26H2,1H3,(H,28,31). The van der Waals surface area contributed by atoms with E-state index in [-0.39, 0.29) is 18.0 Å². The summed E-state index contributed by atoms with van der Waals surface area (Å²) in [4.78, 5) is 30.9. The molecule has 0 saturated carbocycles. The molecule has 1 atom stereocenters. The molecular formula is C24H36BrN5O3. The van der Waals surface area contributed by atoms with Gasteiger partial charge in [0.15, 0.2) is 0 Å². The van der Waals surface area contributed by atoms with Gasteiger partial charge >= 0.3 is 0 Å². The van der Waals surface area contributed by atoms with Crippen molar-refractivity contribution in [3.63, 3.8) is 0 Å². The fourth-order valence-electron chi connectivity index (χ4n) is 5.44. The molecule has 0 bridgehead atoms. The van der Waals surface area contributed by atoms with Gasteiger partial charge in [-0.3, -0.25) is 14.5 Å². The van der Waals surface area contributed by atoms with Crippen molar-refractivity contribution < 1.29 is 14.3 Å². The van der Waals surface area contributed by atoms with Crippen LogP contribution >= 0.6 is 15.9 Å². The van der Waals surface area contributed by atoms with Crippen LogP contribution < -0.4 is 21.1 Å². The fourth-order valence-corrected chi connectivity index (χ4v) is 5.78. The third-order valence-corrected chi connectivity index (χ3v) is 8.01. The molecular weight excluding hydrogens is 486 g/mol. The highest BCUT2D eigenvalue weighted by Crippen LogP contribution is 2.30. The Labute approximate surface area is 204 Å². The number of halogens is 1. The summed E-state index contributed by atoms with van der Waals surface area (Å²) in [6.07, 6.45) is 5.99. The van der Waals surface area contributed by atoms with E-state index >= 15 is 0 Å². The average Bonchev–Trinajstić information content (AvgIpc) is 3.37. The zero-order valence-electron chi connectivity index (χ0n) is 19.4. The Balaban J connectivity index is 1.39. The fraction of sp³-hybridized carbons (Fsp3) is 0.667. The van der Waals surface area contributed by atoms with Crippen molar-refractivity contribution in [2.24, 2.45) is 5.92 Å². The second-order valence-electron chi connectivity index (χ2n) is 9.42. The SMILES string of the molecule is COc1cc(N)c(Br)cc1C(=O)NC1CCN(C(C(=O)N2CCCC2)C2CCNCC2)CC1. The minimum absolute atomic E-state index is 0.0324. The Hall–Kier alpha value is -1.84. The third-order valence-electron chi connectivity index (χ3n) is 7.32. The maximum Gasteiger partial charge on any atom is 0.255 e. The second-order valence-corrected chi connectivity index (χ2v) is 10.3. The van der Waals surface area contributed by atoms with E-state index < -0.39 is 0 Å². The van der Waals surface area contributed by atoms with E-state index in [0.717, 1.165) is 77.8 Å². The van der Waals surface area contributed by atoms with Gasteiger partial charge in [0.25, 0.3) is 5.91 Å². The number of anilines is 1. The van der Waals surface area contributed by atoms with Gasteiger partial charge in [0, 0.05) is 48.4 Å². The molecule has 0 spiro atoms. The molecule has 1 aromatic rings. The zero-order valence-corrected chi connectivity index (χ0v) is 21.0. The van der Waals surface area contributed by atoms with E-state index in [9.17, 15) is 9.59 Å². The van der Waals surface area contributed by atoms with Crippen molar-refractivity contribution >= 4 is 33.4 Å². The number of likely N-dealkylation sites (tertiary alicyclic amines) is 2. The summed E-state index contributed by atoms with van der Waals surface area (Å²) in [5, 5.41) is 6.60. The molecule has 0 aliphatic carbocycles. The number of amides is 2. The quantitative estimate of drug-likeness (QED) is 0.496.